The molecule has 0 unspecified atom stereocenters. The van der Waals surface area contributed by atoms with E-state index in [1.54, 1.807) is 0 Å². The van der Waals surface area contributed by atoms with Crippen molar-refractivity contribution in [2.24, 2.45) is 0 Å². The van der Waals surface area contributed by atoms with E-state index in [9.17, 15) is 0 Å². The molecule has 0 atom stereocenters. The molecule has 0 aliphatic carbocycles. The molecule has 1 aromatic carbocycles. The SMILES string of the molecule is Cc1ccc(CNc2cccc(C(C)C)c2)o1. The largest absolute Gasteiger partial charge is 0.465 e. The molecule has 0 amide bonds. The zero-order chi connectivity index (χ0) is 12.3. The summed E-state index contributed by atoms with van der Waals surface area (Å²) in [5, 5.41) is 3.38. The van der Waals surface area contributed by atoms with E-state index in [-0.39, 0.29) is 0 Å². The second-order valence-corrected chi connectivity index (χ2v) is 4.65. The predicted molar refractivity (Wildman–Crippen MR) is 71.3 cm³/mol. The molecule has 0 aliphatic heterocycles. The first-order valence-electron chi connectivity index (χ1n) is 6.04. The average molecular weight is 229 g/mol. The van der Waals surface area contributed by atoms with Gasteiger partial charge in [-0.25, -0.2) is 0 Å². The predicted octanol–water partition coefficient (Wildman–Crippen LogP) is 4.32. The topological polar surface area (TPSA) is 25.2 Å². The lowest BCUT2D eigenvalue weighted by atomic mass is 10.0. The fraction of sp³-hybridized carbons (Fsp3) is 0.333. The molecule has 2 rings (SSSR count). The van der Waals surface area contributed by atoms with Crippen LogP contribution in [0.4, 0.5) is 5.69 Å². The molecule has 0 bridgehead atoms. The summed E-state index contributed by atoms with van der Waals surface area (Å²) in [5.74, 6) is 2.48. The molecule has 0 saturated carbocycles. The van der Waals surface area contributed by atoms with Crippen molar-refractivity contribution < 1.29 is 4.42 Å². The molecule has 0 saturated heterocycles. The standard InChI is InChI=1S/C15H19NO/c1-11(2)13-5-4-6-14(9-13)16-10-15-8-7-12(3)17-15/h4-9,11,16H,10H2,1-3H3. The molecule has 90 valence electrons. The summed E-state index contributed by atoms with van der Waals surface area (Å²) in [4.78, 5) is 0. The Kier molecular flexibility index (Phi) is 3.52. The first-order chi connectivity index (χ1) is 8.15. The number of anilines is 1. The van der Waals surface area contributed by atoms with Gasteiger partial charge in [0.2, 0.25) is 0 Å². The molecule has 0 radical (unpaired) electrons. The van der Waals surface area contributed by atoms with Crippen LogP contribution in [-0.2, 0) is 6.54 Å². The summed E-state index contributed by atoms with van der Waals surface area (Å²) in [6, 6.07) is 12.5. The lowest BCUT2D eigenvalue weighted by Crippen LogP contribution is -1.99. The molecule has 1 heterocycles. The minimum absolute atomic E-state index is 0.558. The van der Waals surface area contributed by atoms with Gasteiger partial charge in [0, 0.05) is 5.69 Å². The van der Waals surface area contributed by atoms with Gasteiger partial charge < -0.3 is 9.73 Å². The molecule has 1 aromatic heterocycles. The van der Waals surface area contributed by atoms with Crippen LogP contribution in [0.15, 0.2) is 40.8 Å². The van der Waals surface area contributed by atoms with Gasteiger partial charge in [-0.1, -0.05) is 26.0 Å². The fourth-order valence-corrected chi connectivity index (χ4v) is 1.78. The van der Waals surface area contributed by atoms with E-state index in [2.05, 4.69) is 43.4 Å². The van der Waals surface area contributed by atoms with Gasteiger partial charge in [-0.2, -0.15) is 0 Å². The summed E-state index contributed by atoms with van der Waals surface area (Å²) < 4.78 is 5.52. The number of furan rings is 1. The summed E-state index contributed by atoms with van der Waals surface area (Å²) in [6.07, 6.45) is 0. The zero-order valence-electron chi connectivity index (χ0n) is 10.7. The molecule has 2 nitrogen and oxygen atoms in total. The highest BCUT2D eigenvalue weighted by Gasteiger charge is 2.01. The van der Waals surface area contributed by atoms with Crippen LogP contribution in [0, 0.1) is 6.92 Å². The van der Waals surface area contributed by atoms with Gasteiger partial charge in [-0.3, -0.25) is 0 Å². The normalized spacial score (nSPS) is 10.8. The van der Waals surface area contributed by atoms with Crippen molar-refractivity contribution in [3.63, 3.8) is 0 Å². The van der Waals surface area contributed by atoms with Crippen LogP contribution in [0.25, 0.3) is 0 Å². The molecule has 2 heteroatoms. The first kappa shape index (κ1) is 11.8. The zero-order valence-corrected chi connectivity index (χ0v) is 10.7. The van der Waals surface area contributed by atoms with Gasteiger partial charge in [0.1, 0.15) is 11.5 Å². The first-order valence-corrected chi connectivity index (χ1v) is 6.04. The number of hydrogen-bond acceptors (Lipinski definition) is 2. The maximum Gasteiger partial charge on any atom is 0.123 e. The Bertz CT molecular complexity index is 485. The third kappa shape index (κ3) is 3.13. The Morgan fingerprint density at radius 1 is 1.18 bits per heavy atom. The van der Waals surface area contributed by atoms with E-state index in [0.717, 1.165) is 23.8 Å². The van der Waals surface area contributed by atoms with Crippen LogP contribution in [0.5, 0.6) is 0 Å². The van der Waals surface area contributed by atoms with Crippen molar-refractivity contribution >= 4 is 5.69 Å². The van der Waals surface area contributed by atoms with Crippen molar-refractivity contribution in [1.82, 2.24) is 0 Å². The molecule has 0 spiro atoms. The summed E-state index contributed by atoms with van der Waals surface area (Å²) in [7, 11) is 0. The average Bonchev–Trinajstić information content (AvgIpc) is 2.73. The van der Waals surface area contributed by atoms with Crippen LogP contribution in [-0.4, -0.2) is 0 Å². The maximum absolute atomic E-state index is 5.52. The van der Waals surface area contributed by atoms with Crippen LogP contribution in [0.1, 0.15) is 36.8 Å². The van der Waals surface area contributed by atoms with Gasteiger partial charge >= 0.3 is 0 Å². The quantitative estimate of drug-likeness (QED) is 0.844. The molecule has 17 heavy (non-hydrogen) atoms. The van der Waals surface area contributed by atoms with Crippen molar-refractivity contribution in [2.45, 2.75) is 33.2 Å². The van der Waals surface area contributed by atoms with Gasteiger partial charge in [0.05, 0.1) is 6.54 Å². The second-order valence-electron chi connectivity index (χ2n) is 4.65. The fourth-order valence-electron chi connectivity index (χ4n) is 1.78. The van der Waals surface area contributed by atoms with Crippen LogP contribution in [0.3, 0.4) is 0 Å². The van der Waals surface area contributed by atoms with Crippen molar-refractivity contribution in [3.05, 3.63) is 53.5 Å². The number of rotatable bonds is 4. The molecule has 2 aromatic rings. The Morgan fingerprint density at radius 2 is 2.00 bits per heavy atom. The molecular weight excluding hydrogens is 210 g/mol. The summed E-state index contributed by atoms with van der Waals surface area (Å²) in [6.45, 7) is 7.10. The number of aryl methyl sites for hydroxylation is 1. The lowest BCUT2D eigenvalue weighted by molar-refractivity contribution is 0.490. The van der Waals surface area contributed by atoms with E-state index in [1.165, 1.54) is 5.56 Å². The Labute approximate surface area is 103 Å². The van der Waals surface area contributed by atoms with E-state index < -0.39 is 0 Å². The van der Waals surface area contributed by atoms with Gasteiger partial charge in [0.25, 0.3) is 0 Å². The Balaban J connectivity index is 2.01. The van der Waals surface area contributed by atoms with Gasteiger partial charge in [-0.15, -0.1) is 0 Å². The molecule has 0 aliphatic rings. The number of benzene rings is 1. The second kappa shape index (κ2) is 5.09. The van der Waals surface area contributed by atoms with E-state index in [1.807, 2.05) is 19.1 Å². The van der Waals surface area contributed by atoms with Crippen molar-refractivity contribution in [2.75, 3.05) is 5.32 Å². The molecular formula is C15H19NO. The van der Waals surface area contributed by atoms with Gasteiger partial charge in [-0.05, 0) is 42.7 Å². The molecule has 1 N–H and O–H groups in total. The summed E-state index contributed by atoms with van der Waals surface area (Å²) in [5.41, 5.74) is 2.50. The highest BCUT2D eigenvalue weighted by Crippen LogP contribution is 2.19. The van der Waals surface area contributed by atoms with E-state index in [0.29, 0.717) is 5.92 Å². The third-order valence-electron chi connectivity index (χ3n) is 2.82. The van der Waals surface area contributed by atoms with Crippen molar-refractivity contribution in [1.29, 1.82) is 0 Å². The monoisotopic (exact) mass is 229 g/mol. The Morgan fingerprint density at radius 3 is 2.65 bits per heavy atom. The van der Waals surface area contributed by atoms with E-state index >= 15 is 0 Å². The number of nitrogens with one attached hydrogen (secondary N) is 1. The van der Waals surface area contributed by atoms with Crippen LogP contribution in [0.2, 0.25) is 0 Å². The Hall–Kier alpha value is -1.70. The van der Waals surface area contributed by atoms with E-state index in [4.69, 9.17) is 4.42 Å². The van der Waals surface area contributed by atoms with Crippen LogP contribution >= 0.6 is 0 Å². The lowest BCUT2D eigenvalue weighted by Gasteiger charge is -2.09. The summed E-state index contributed by atoms with van der Waals surface area (Å²) >= 11 is 0. The maximum atomic E-state index is 5.52. The van der Waals surface area contributed by atoms with Crippen LogP contribution < -0.4 is 5.32 Å². The number of hydrogen-bond donors (Lipinski definition) is 1. The van der Waals surface area contributed by atoms with Crippen molar-refractivity contribution in [3.8, 4) is 0 Å². The van der Waals surface area contributed by atoms with Gasteiger partial charge in [0.15, 0.2) is 0 Å². The molecule has 0 fully saturated rings. The highest BCUT2D eigenvalue weighted by atomic mass is 16.3. The third-order valence-corrected chi connectivity index (χ3v) is 2.82. The smallest absolute Gasteiger partial charge is 0.123 e. The minimum Gasteiger partial charge on any atom is -0.465 e. The minimum atomic E-state index is 0.558. The highest BCUT2D eigenvalue weighted by molar-refractivity contribution is 5.46.